The van der Waals surface area contributed by atoms with Crippen molar-refractivity contribution in [2.24, 2.45) is 5.92 Å². The normalized spacial score (nSPS) is 14.7. The van der Waals surface area contributed by atoms with E-state index in [0.29, 0.717) is 5.92 Å². The van der Waals surface area contributed by atoms with Crippen LogP contribution in [0, 0.1) is 5.92 Å². The zero-order valence-corrected chi connectivity index (χ0v) is 13.3. The van der Waals surface area contributed by atoms with E-state index >= 15 is 0 Å². The average Bonchev–Trinajstić information content (AvgIpc) is 3.26. The molecule has 0 saturated heterocycles. The van der Waals surface area contributed by atoms with E-state index in [2.05, 4.69) is 49.0 Å². The van der Waals surface area contributed by atoms with Crippen LogP contribution in [-0.4, -0.2) is 29.6 Å². The Balaban J connectivity index is 2.21. The summed E-state index contributed by atoms with van der Waals surface area (Å²) in [5.74, 6) is 4.22. The minimum atomic E-state index is 0.358. The molecule has 1 aromatic heterocycles. The van der Waals surface area contributed by atoms with Crippen molar-refractivity contribution in [3.05, 3.63) is 11.9 Å². The molecule has 112 valence electrons. The van der Waals surface area contributed by atoms with E-state index in [1.165, 1.54) is 12.8 Å². The second kappa shape index (κ2) is 6.91. The Labute approximate surface area is 123 Å². The lowest BCUT2D eigenvalue weighted by atomic mass is 10.2. The number of anilines is 2. The molecule has 1 aromatic rings. The monoisotopic (exact) mass is 276 g/mol. The van der Waals surface area contributed by atoms with Crippen LogP contribution in [0.1, 0.15) is 58.7 Å². The summed E-state index contributed by atoms with van der Waals surface area (Å²) in [5, 5.41) is 3.40. The third-order valence-electron chi connectivity index (χ3n) is 3.68. The van der Waals surface area contributed by atoms with Crippen LogP contribution in [-0.2, 0) is 0 Å². The van der Waals surface area contributed by atoms with Crippen molar-refractivity contribution in [2.45, 2.75) is 52.9 Å². The first-order valence-electron chi connectivity index (χ1n) is 8.01. The SMILES string of the molecule is CCCNc1cc(N(CC)CC2CC2)nc(C(C)C)n1. The maximum atomic E-state index is 4.77. The van der Waals surface area contributed by atoms with Gasteiger partial charge in [-0.25, -0.2) is 9.97 Å². The van der Waals surface area contributed by atoms with Gasteiger partial charge in [0, 0.05) is 31.6 Å². The highest BCUT2D eigenvalue weighted by Gasteiger charge is 2.25. The van der Waals surface area contributed by atoms with Crippen LogP contribution in [0.5, 0.6) is 0 Å². The van der Waals surface area contributed by atoms with Crippen LogP contribution in [0.4, 0.5) is 11.6 Å². The molecule has 0 aromatic carbocycles. The maximum Gasteiger partial charge on any atom is 0.135 e. The largest absolute Gasteiger partial charge is 0.370 e. The lowest BCUT2D eigenvalue weighted by Gasteiger charge is -2.23. The van der Waals surface area contributed by atoms with Crippen molar-refractivity contribution in [1.82, 2.24) is 9.97 Å². The third kappa shape index (κ3) is 4.09. The Hall–Kier alpha value is -1.32. The fourth-order valence-electron chi connectivity index (χ4n) is 2.21. The summed E-state index contributed by atoms with van der Waals surface area (Å²) < 4.78 is 0. The standard InChI is InChI=1S/C16H28N4/c1-5-9-17-14-10-15(19-16(18-14)12(3)4)20(6-2)11-13-7-8-13/h10,12-13H,5-9,11H2,1-4H3,(H,17,18,19). The van der Waals surface area contributed by atoms with Gasteiger partial charge in [-0.2, -0.15) is 0 Å². The van der Waals surface area contributed by atoms with Gasteiger partial charge in [0.25, 0.3) is 0 Å². The first-order valence-corrected chi connectivity index (χ1v) is 8.01. The van der Waals surface area contributed by atoms with Gasteiger partial charge in [0.05, 0.1) is 0 Å². The summed E-state index contributed by atoms with van der Waals surface area (Å²) in [6.45, 7) is 11.8. The van der Waals surface area contributed by atoms with E-state index in [9.17, 15) is 0 Å². The van der Waals surface area contributed by atoms with Gasteiger partial charge in [0.2, 0.25) is 0 Å². The molecule has 20 heavy (non-hydrogen) atoms. The molecule has 1 saturated carbocycles. The number of hydrogen-bond donors (Lipinski definition) is 1. The predicted octanol–water partition coefficient (Wildman–Crippen LogP) is 3.66. The Morgan fingerprint density at radius 1 is 1.30 bits per heavy atom. The molecule has 4 heteroatoms. The second-order valence-corrected chi connectivity index (χ2v) is 6.03. The molecule has 1 heterocycles. The van der Waals surface area contributed by atoms with Crippen LogP contribution in [0.3, 0.4) is 0 Å². The van der Waals surface area contributed by atoms with E-state index in [1.54, 1.807) is 0 Å². The second-order valence-electron chi connectivity index (χ2n) is 6.03. The molecule has 0 bridgehead atoms. The topological polar surface area (TPSA) is 41.0 Å². The molecule has 0 aliphatic heterocycles. The highest BCUT2D eigenvalue weighted by Crippen LogP contribution is 2.31. The molecule has 0 radical (unpaired) electrons. The van der Waals surface area contributed by atoms with Crippen LogP contribution in [0.15, 0.2) is 6.07 Å². The van der Waals surface area contributed by atoms with Gasteiger partial charge in [-0.15, -0.1) is 0 Å². The maximum absolute atomic E-state index is 4.77. The fourth-order valence-corrected chi connectivity index (χ4v) is 2.21. The highest BCUT2D eigenvalue weighted by molar-refractivity contribution is 5.49. The van der Waals surface area contributed by atoms with Gasteiger partial charge < -0.3 is 10.2 Å². The number of hydrogen-bond acceptors (Lipinski definition) is 4. The van der Waals surface area contributed by atoms with Gasteiger partial charge in [-0.1, -0.05) is 20.8 Å². The first kappa shape index (κ1) is 15.1. The number of nitrogens with one attached hydrogen (secondary N) is 1. The summed E-state index contributed by atoms with van der Waals surface area (Å²) >= 11 is 0. The molecule has 1 fully saturated rings. The summed E-state index contributed by atoms with van der Waals surface area (Å²) in [5.41, 5.74) is 0. The lowest BCUT2D eigenvalue weighted by molar-refractivity contribution is 0.712. The third-order valence-corrected chi connectivity index (χ3v) is 3.68. The van der Waals surface area contributed by atoms with E-state index in [1.807, 2.05) is 0 Å². The molecule has 2 rings (SSSR count). The predicted molar refractivity (Wildman–Crippen MR) is 85.5 cm³/mol. The Bertz CT molecular complexity index is 426. The van der Waals surface area contributed by atoms with Gasteiger partial charge in [0.1, 0.15) is 17.5 Å². The number of nitrogens with zero attached hydrogens (tertiary/aromatic N) is 3. The van der Waals surface area contributed by atoms with Crippen molar-refractivity contribution in [1.29, 1.82) is 0 Å². The molecular weight excluding hydrogens is 248 g/mol. The molecule has 1 aliphatic carbocycles. The smallest absolute Gasteiger partial charge is 0.135 e. The summed E-state index contributed by atoms with van der Waals surface area (Å²) in [6.07, 6.45) is 3.86. The van der Waals surface area contributed by atoms with Crippen LogP contribution in [0.2, 0.25) is 0 Å². The van der Waals surface area contributed by atoms with Crippen molar-refractivity contribution in [3.8, 4) is 0 Å². The minimum absolute atomic E-state index is 0.358. The molecule has 0 spiro atoms. The highest BCUT2D eigenvalue weighted by atomic mass is 15.2. The Morgan fingerprint density at radius 2 is 2.05 bits per heavy atom. The van der Waals surface area contributed by atoms with E-state index in [4.69, 9.17) is 4.98 Å². The molecule has 1 N–H and O–H groups in total. The van der Waals surface area contributed by atoms with Crippen LogP contribution >= 0.6 is 0 Å². The van der Waals surface area contributed by atoms with Gasteiger partial charge in [-0.3, -0.25) is 0 Å². The lowest BCUT2D eigenvalue weighted by Crippen LogP contribution is -2.27. The average molecular weight is 276 g/mol. The zero-order chi connectivity index (χ0) is 14.5. The van der Waals surface area contributed by atoms with Crippen LogP contribution in [0.25, 0.3) is 0 Å². The van der Waals surface area contributed by atoms with E-state index in [-0.39, 0.29) is 0 Å². The molecule has 4 nitrogen and oxygen atoms in total. The van der Waals surface area contributed by atoms with E-state index < -0.39 is 0 Å². The molecule has 0 atom stereocenters. The van der Waals surface area contributed by atoms with Crippen molar-refractivity contribution >= 4 is 11.6 Å². The zero-order valence-electron chi connectivity index (χ0n) is 13.3. The van der Waals surface area contributed by atoms with E-state index in [0.717, 1.165) is 49.4 Å². The summed E-state index contributed by atoms with van der Waals surface area (Å²) in [7, 11) is 0. The minimum Gasteiger partial charge on any atom is -0.370 e. The van der Waals surface area contributed by atoms with Gasteiger partial charge in [-0.05, 0) is 32.1 Å². The van der Waals surface area contributed by atoms with Crippen molar-refractivity contribution in [3.63, 3.8) is 0 Å². The molecule has 1 aliphatic rings. The first-order chi connectivity index (χ1) is 9.63. The molecular formula is C16H28N4. The van der Waals surface area contributed by atoms with Crippen molar-refractivity contribution < 1.29 is 0 Å². The Kier molecular flexibility index (Phi) is 5.21. The molecule has 0 unspecified atom stereocenters. The molecule has 0 amide bonds. The Morgan fingerprint density at radius 3 is 2.60 bits per heavy atom. The van der Waals surface area contributed by atoms with Crippen molar-refractivity contribution in [2.75, 3.05) is 29.9 Å². The number of aromatic nitrogens is 2. The number of rotatable bonds is 8. The quantitative estimate of drug-likeness (QED) is 0.786. The fraction of sp³-hybridized carbons (Fsp3) is 0.750. The van der Waals surface area contributed by atoms with Crippen LogP contribution < -0.4 is 10.2 Å². The summed E-state index contributed by atoms with van der Waals surface area (Å²) in [6, 6.07) is 2.10. The van der Waals surface area contributed by atoms with Gasteiger partial charge in [0.15, 0.2) is 0 Å². The summed E-state index contributed by atoms with van der Waals surface area (Å²) in [4.78, 5) is 11.8. The van der Waals surface area contributed by atoms with Gasteiger partial charge >= 0.3 is 0 Å².